The molecule has 0 saturated heterocycles. The van der Waals surface area contributed by atoms with Crippen LogP contribution in [0.3, 0.4) is 0 Å². The fraction of sp³-hybridized carbons (Fsp3) is 0.409. The van der Waals surface area contributed by atoms with Crippen molar-refractivity contribution in [2.45, 2.75) is 37.7 Å². The molecule has 2 aromatic rings. The van der Waals surface area contributed by atoms with Crippen LogP contribution in [-0.2, 0) is 12.0 Å². The van der Waals surface area contributed by atoms with Crippen molar-refractivity contribution in [2.24, 2.45) is 5.92 Å². The van der Waals surface area contributed by atoms with E-state index in [1.807, 2.05) is 26.2 Å². The highest BCUT2D eigenvalue weighted by Gasteiger charge is 2.40. The molecule has 0 aromatic heterocycles. The van der Waals surface area contributed by atoms with Crippen molar-refractivity contribution in [2.75, 3.05) is 19.0 Å². The van der Waals surface area contributed by atoms with Gasteiger partial charge in [-0.05, 0) is 54.5 Å². The van der Waals surface area contributed by atoms with Gasteiger partial charge in [0.05, 0.1) is 11.2 Å². The van der Waals surface area contributed by atoms with Crippen molar-refractivity contribution in [3.8, 4) is 0 Å². The van der Waals surface area contributed by atoms with E-state index in [-0.39, 0.29) is 11.5 Å². The molecule has 2 aromatic carbocycles. The van der Waals surface area contributed by atoms with Crippen molar-refractivity contribution in [1.82, 2.24) is 0 Å². The first kappa shape index (κ1) is 18.5. The molecule has 1 saturated carbocycles. The van der Waals surface area contributed by atoms with Gasteiger partial charge >= 0.3 is 5.97 Å². The highest BCUT2D eigenvalue weighted by Crippen LogP contribution is 2.44. The SMILES string of the molecule is CN(C)c1ccccc1CC1CCCCC1(O)c1ccc(C(=O)O)cc1. The number of anilines is 1. The quantitative estimate of drug-likeness (QED) is 0.851. The van der Waals surface area contributed by atoms with Gasteiger partial charge in [0.15, 0.2) is 0 Å². The first-order chi connectivity index (χ1) is 12.4. The Balaban J connectivity index is 1.91. The molecule has 4 heteroatoms. The maximum Gasteiger partial charge on any atom is 0.335 e. The minimum Gasteiger partial charge on any atom is -0.478 e. The zero-order chi connectivity index (χ0) is 18.7. The highest BCUT2D eigenvalue weighted by atomic mass is 16.4. The molecule has 3 rings (SSSR count). The fourth-order valence-corrected chi connectivity index (χ4v) is 4.17. The minimum atomic E-state index is -0.941. The average Bonchev–Trinajstić information content (AvgIpc) is 2.64. The predicted molar refractivity (Wildman–Crippen MR) is 104 cm³/mol. The lowest BCUT2D eigenvalue weighted by Crippen LogP contribution is -2.39. The Bertz CT molecular complexity index is 769. The Morgan fingerprint density at radius 3 is 2.46 bits per heavy atom. The van der Waals surface area contributed by atoms with Crippen molar-refractivity contribution >= 4 is 11.7 Å². The Morgan fingerprint density at radius 2 is 1.81 bits per heavy atom. The summed E-state index contributed by atoms with van der Waals surface area (Å²) in [6, 6.07) is 15.1. The van der Waals surface area contributed by atoms with Crippen LogP contribution in [0.2, 0.25) is 0 Å². The van der Waals surface area contributed by atoms with Crippen molar-refractivity contribution in [1.29, 1.82) is 0 Å². The molecule has 0 radical (unpaired) electrons. The molecule has 138 valence electrons. The van der Waals surface area contributed by atoms with Crippen LogP contribution in [0.4, 0.5) is 5.69 Å². The second kappa shape index (κ2) is 7.50. The molecule has 4 nitrogen and oxygen atoms in total. The van der Waals surface area contributed by atoms with Crippen LogP contribution in [-0.4, -0.2) is 30.3 Å². The van der Waals surface area contributed by atoms with Crippen LogP contribution in [0.15, 0.2) is 48.5 Å². The van der Waals surface area contributed by atoms with Gasteiger partial charge in [0.2, 0.25) is 0 Å². The lowest BCUT2D eigenvalue weighted by atomic mass is 9.69. The summed E-state index contributed by atoms with van der Waals surface area (Å²) in [6.45, 7) is 0. The van der Waals surface area contributed by atoms with E-state index in [4.69, 9.17) is 5.11 Å². The Kier molecular flexibility index (Phi) is 5.33. The van der Waals surface area contributed by atoms with Crippen LogP contribution in [0.5, 0.6) is 0 Å². The van der Waals surface area contributed by atoms with Crippen molar-refractivity contribution in [3.63, 3.8) is 0 Å². The number of hydrogen-bond acceptors (Lipinski definition) is 3. The summed E-state index contributed by atoms with van der Waals surface area (Å²) in [4.78, 5) is 13.2. The van der Waals surface area contributed by atoms with Gasteiger partial charge in [0.1, 0.15) is 0 Å². The van der Waals surface area contributed by atoms with Crippen molar-refractivity contribution < 1.29 is 15.0 Å². The number of carbonyl (C=O) groups is 1. The largest absolute Gasteiger partial charge is 0.478 e. The number of rotatable bonds is 5. The first-order valence-electron chi connectivity index (χ1n) is 9.23. The van der Waals surface area contributed by atoms with E-state index >= 15 is 0 Å². The number of para-hydroxylation sites is 1. The van der Waals surface area contributed by atoms with Crippen LogP contribution in [0.1, 0.15) is 47.2 Å². The molecule has 1 aliphatic carbocycles. The monoisotopic (exact) mass is 353 g/mol. The average molecular weight is 353 g/mol. The molecule has 26 heavy (non-hydrogen) atoms. The second-order valence-electron chi connectivity index (χ2n) is 7.48. The zero-order valence-electron chi connectivity index (χ0n) is 15.5. The predicted octanol–water partition coefficient (Wildman–Crippen LogP) is 4.07. The molecule has 1 fully saturated rings. The molecule has 0 heterocycles. The van der Waals surface area contributed by atoms with E-state index in [0.29, 0.717) is 6.42 Å². The molecule has 1 aliphatic rings. The minimum absolute atomic E-state index is 0.119. The zero-order valence-corrected chi connectivity index (χ0v) is 15.5. The van der Waals surface area contributed by atoms with E-state index in [1.54, 1.807) is 24.3 Å². The number of nitrogens with zero attached hydrogens (tertiary/aromatic N) is 1. The summed E-state index contributed by atoms with van der Waals surface area (Å²) in [7, 11) is 4.08. The summed E-state index contributed by atoms with van der Waals surface area (Å²) in [6.07, 6.45) is 4.60. The number of aliphatic hydroxyl groups is 1. The molecular formula is C22H27NO3. The maximum atomic E-state index is 11.6. The van der Waals surface area contributed by atoms with Gasteiger partial charge in [0, 0.05) is 19.8 Å². The summed E-state index contributed by atoms with van der Waals surface area (Å²) >= 11 is 0. The summed E-state index contributed by atoms with van der Waals surface area (Å²) in [5, 5.41) is 20.7. The molecule has 2 N–H and O–H groups in total. The van der Waals surface area contributed by atoms with Gasteiger partial charge in [-0.3, -0.25) is 0 Å². The molecule has 2 unspecified atom stereocenters. The van der Waals surface area contributed by atoms with Gasteiger partial charge < -0.3 is 15.1 Å². The normalized spacial score (nSPS) is 22.8. The van der Waals surface area contributed by atoms with E-state index in [9.17, 15) is 9.90 Å². The maximum absolute atomic E-state index is 11.6. The number of benzene rings is 2. The third-order valence-electron chi connectivity index (χ3n) is 5.61. The Hall–Kier alpha value is -2.33. The lowest BCUT2D eigenvalue weighted by Gasteiger charge is -2.41. The molecule has 0 aliphatic heterocycles. The summed E-state index contributed by atoms with van der Waals surface area (Å²) in [5.74, 6) is -0.823. The molecule has 0 spiro atoms. The molecular weight excluding hydrogens is 326 g/mol. The topological polar surface area (TPSA) is 60.8 Å². The highest BCUT2D eigenvalue weighted by molar-refractivity contribution is 5.87. The number of carboxylic acid groups (broad SMARTS) is 1. The van der Waals surface area contributed by atoms with Gasteiger partial charge in [0.25, 0.3) is 0 Å². The van der Waals surface area contributed by atoms with Crippen LogP contribution in [0.25, 0.3) is 0 Å². The van der Waals surface area contributed by atoms with Gasteiger partial charge in [-0.15, -0.1) is 0 Å². The Morgan fingerprint density at radius 1 is 1.12 bits per heavy atom. The third kappa shape index (κ3) is 3.61. The van der Waals surface area contributed by atoms with Gasteiger partial charge in [-0.1, -0.05) is 43.2 Å². The summed E-state index contributed by atoms with van der Waals surface area (Å²) in [5.41, 5.74) is 2.60. The van der Waals surface area contributed by atoms with Crippen LogP contribution in [0, 0.1) is 5.92 Å². The van der Waals surface area contributed by atoms with E-state index in [0.717, 1.165) is 31.2 Å². The Labute approximate surface area is 155 Å². The summed E-state index contributed by atoms with van der Waals surface area (Å²) < 4.78 is 0. The molecule has 0 bridgehead atoms. The van der Waals surface area contributed by atoms with Crippen molar-refractivity contribution in [3.05, 3.63) is 65.2 Å². The lowest BCUT2D eigenvalue weighted by molar-refractivity contribution is -0.0542. The van der Waals surface area contributed by atoms with Gasteiger partial charge in [-0.2, -0.15) is 0 Å². The fourth-order valence-electron chi connectivity index (χ4n) is 4.17. The second-order valence-corrected chi connectivity index (χ2v) is 7.48. The standard InChI is InChI=1S/C22H27NO3/c1-23(2)20-9-4-3-7-17(20)15-19-8-5-6-14-22(19,26)18-12-10-16(11-13-18)21(24)25/h3-4,7,9-13,19,26H,5-6,8,14-15H2,1-2H3,(H,24,25). The number of hydrogen-bond donors (Lipinski definition) is 2. The van der Waals surface area contributed by atoms with E-state index in [2.05, 4.69) is 17.0 Å². The van der Waals surface area contributed by atoms with Crippen LogP contribution >= 0.6 is 0 Å². The van der Waals surface area contributed by atoms with E-state index in [1.165, 1.54) is 11.3 Å². The van der Waals surface area contributed by atoms with E-state index < -0.39 is 11.6 Å². The number of aromatic carboxylic acids is 1. The molecule has 0 amide bonds. The molecule has 2 atom stereocenters. The van der Waals surface area contributed by atoms with Gasteiger partial charge in [-0.25, -0.2) is 4.79 Å². The first-order valence-corrected chi connectivity index (χ1v) is 9.23. The van der Waals surface area contributed by atoms with Crippen LogP contribution < -0.4 is 4.90 Å². The smallest absolute Gasteiger partial charge is 0.335 e. The third-order valence-corrected chi connectivity index (χ3v) is 5.61. The number of carboxylic acids is 1.